The summed E-state index contributed by atoms with van der Waals surface area (Å²) in [5.41, 5.74) is 0. The van der Waals surface area contributed by atoms with Crippen LogP contribution in [0.2, 0.25) is 0 Å². The fraction of sp³-hybridized carbons (Fsp3) is 0.714. The number of nitrogens with one attached hydrogen (secondary N) is 2. The van der Waals surface area contributed by atoms with Crippen molar-refractivity contribution >= 4 is 32.0 Å². The maximum Gasteiger partial charge on any atom is 0.331 e. The van der Waals surface area contributed by atoms with Gasteiger partial charge in [0.15, 0.2) is 0 Å². The molecule has 0 aliphatic rings. The van der Waals surface area contributed by atoms with E-state index in [0.717, 1.165) is 12.2 Å². The van der Waals surface area contributed by atoms with Crippen molar-refractivity contribution in [1.82, 2.24) is 9.44 Å². The Labute approximate surface area is 154 Å². The van der Waals surface area contributed by atoms with Gasteiger partial charge in [-0.2, -0.15) is 0 Å². The first-order valence-electron chi connectivity index (χ1n) is 8.08. The molecule has 0 spiro atoms. The van der Waals surface area contributed by atoms with Crippen LogP contribution < -0.4 is 9.44 Å². The summed E-state index contributed by atoms with van der Waals surface area (Å²) in [6.07, 6.45) is 1.96. The average Bonchev–Trinajstić information content (AvgIpc) is 2.53. The zero-order chi connectivity index (χ0) is 20.1. The second kappa shape index (κ2) is 12.8. The van der Waals surface area contributed by atoms with E-state index in [-0.39, 0.29) is 50.7 Å². The van der Waals surface area contributed by atoms with Crippen LogP contribution in [-0.4, -0.2) is 66.6 Å². The smallest absolute Gasteiger partial charge is 0.331 e. The molecule has 0 bridgehead atoms. The highest BCUT2D eigenvalue weighted by Crippen LogP contribution is 1.94. The van der Waals surface area contributed by atoms with Crippen molar-refractivity contribution in [3.8, 4) is 0 Å². The van der Waals surface area contributed by atoms with E-state index in [2.05, 4.69) is 9.44 Å². The summed E-state index contributed by atoms with van der Waals surface area (Å²) in [5.74, 6) is -1.96. The fourth-order valence-electron chi connectivity index (χ4n) is 1.66. The molecule has 26 heavy (non-hydrogen) atoms. The average molecular weight is 415 g/mol. The van der Waals surface area contributed by atoms with E-state index in [4.69, 9.17) is 9.47 Å². The van der Waals surface area contributed by atoms with Crippen LogP contribution in [-0.2, 0) is 39.1 Å². The molecule has 0 atom stereocenters. The van der Waals surface area contributed by atoms with Crippen molar-refractivity contribution in [2.24, 2.45) is 0 Å². The third-order valence-electron chi connectivity index (χ3n) is 2.69. The van der Waals surface area contributed by atoms with Gasteiger partial charge in [0.2, 0.25) is 20.0 Å². The second-order valence-electron chi connectivity index (χ2n) is 5.01. The zero-order valence-corrected chi connectivity index (χ0v) is 16.5. The minimum absolute atomic E-state index is 0.106. The van der Waals surface area contributed by atoms with Gasteiger partial charge in [0.05, 0.1) is 24.7 Å². The van der Waals surface area contributed by atoms with E-state index in [1.807, 2.05) is 0 Å². The van der Waals surface area contributed by atoms with Gasteiger partial charge in [0, 0.05) is 25.2 Å². The molecule has 152 valence electrons. The molecule has 0 rings (SSSR count). The second-order valence-corrected chi connectivity index (χ2v) is 8.86. The molecule has 0 fully saturated rings. The summed E-state index contributed by atoms with van der Waals surface area (Å²) >= 11 is 0. The summed E-state index contributed by atoms with van der Waals surface area (Å²) in [7, 11) is -6.73. The highest BCUT2D eigenvalue weighted by molar-refractivity contribution is 7.89. The Balaban J connectivity index is 3.94. The molecule has 2 N–H and O–H groups in total. The van der Waals surface area contributed by atoms with Crippen LogP contribution in [0, 0.1) is 0 Å². The van der Waals surface area contributed by atoms with Crippen LogP contribution in [0.4, 0.5) is 0 Å². The molecule has 10 nitrogen and oxygen atoms in total. The van der Waals surface area contributed by atoms with Gasteiger partial charge in [0.25, 0.3) is 0 Å². The van der Waals surface area contributed by atoms with Crippen LogP contribution >= 0.6 is 0 Å². The molecule has 12 heteroatoms. The molecule has 0 aromatic carbocycles. The molecule has 0 saturated heterocycles. The van der Waals surface area contributed by atoms with Crippen LogP contribution in [0.3, 0.4) is 0 Å². The van der Waals surface area contributed by atoms with Crippen LogP contribution in [0.25, 0.3) is 0 Å². The van der Waals surface area contributed by atoms with Gasteiger partial charge in [-0.05, 0) is 12.8 Å². The van der Waals surface area contributed by atoms with Crippen molar-refractivity contribution in [3.63, 3.8) is 0 Å². The molecule has 0 aliphatic heterocycles. The van der Waals surface area contributed by atoms with Gasteiger partial charge >= 0.3 is 11.9 Å². The van der Waals surface area contributed by atoms with Crippen molar-refractivity contribution in [1.29, 1.82) is 0 Å². The van der Waals surface area contributed by atoms with E-state index < -0.39 is 32.0 Å². The van der Waals surface area contributed by atoms with Crippen molar-refractivity contribution in [2.75, 3.05) is 37.8 Å². The van der Waals surface area contributed by atoms with Crippen LogP contribution in [0.5, 0.6) is 0 Å². The van der Waals surface area contributed by atoms with E-state index in [1.54, 1.807) is 13.8 Å². The quantitative estimate of drug-likeness (QED) is 0.215. The first-order valence-corrected chi connectivity index (χ1v) is 11.4. The Morgan fingerprint density at radius 2 is 1.12 bits per heavy atom. The lowest BCUT2D eigenvalue weighted by Crippen LogP contribution is -2.26. The van der Waals surface area contributed by atoms with Crippen molar-refractivity contribution in [2.45, 2.75) is 26.7 Å². The Bertz CT molecular complexity index is 613. The molecular formula is C14H26N2O8S2. The number of esters is 2. The van der Waals surface area contributed by atoms with Crippen LogP contribution in [0.1, 0.15) is 26.7 Å². The standard InChI is InChI=1S/C14H26N2O8S2/c1-3-15-25(19,20)11-5-9-23-13(17)7-8-14(18)24-10-6-12-26(21,22)16-4-2/h7-8,15-16H,3-6,9-12H2,1-2H3/b8-7+. The summed E-state index contributed by atoms with van der Waals surface area (Å²) in [4.78, 5) is 22.7. The molecular weight excluding hydrogens is 388 g/mol. The predicted octanol–water partition coefficient (Wildman–Crippen LogP) is -0.712. The molecule has 0 aromatic rings. The first kappa shape index (κ1) is 24.5. The van der Waals surface area contributed by atoms with Gasteiger partial charge in [-0.15, -0.1) is 0 Å². The van der Waals surface area contributed by atoms with Gasteiger partial charge < -0.3 is 9.47 Å². The maximum atomic E-state index is 11.4. The first-order chi connectivity index (χ1) is 12.1. The number of hydrogen-bond donors (Lipinski definition) is 2. The number of carbonyl (C=O) groups is 2. The largest absolute Gasteiger partial charge is 0.462 e. The maximum absolute atomic E-state index is 11.4. The van der Waals surface area contributed by atoms with Crippen molar-refractivity contribution in [3.05, 3.63) is 12.2 Å². The fourth-order valence-corrected chi connectivity index (χ4v) is 3.82. The van der Waals surface area contributed by atoms with Gasteiger partial charge in [-0.1, -0.05) is 13.8 Å². The Kier molecular flexibility index (Phi) is 12.1. The van der Waals surface area contributed by atoms with Crippen molar-refractivity contribution < 1.29 is 35.9 Å². The van der Waals surface area contributed by atoms with E-state index in [1.165, 1.54) is 0 Å². The minimum atomic E-state index is -3.36. The summed E-state index contributed by atoms with van der Waals surface area (Å²) in [6.45, 7) is 3.67. The van der Waals surface area contributed by atoms with E-state index in [9.17, 15) is 26.4 Å². The third-order valence-corrected chi connectivity index (χ3v) is 5.80. The predicted molar refractivity (Wildman–Crippen MR) is 95.2 cm³/mol. The molecule has 0 amide bonds. The van der Waals surface area contributed by atoms with Gasteiger partial charge in [-0.25, -0.2) is 35.9 Å². The lowest BCUT2D eigenvalue weighted by molar-refractivity contribution is -0.140. The Hall–Kier alpha value is -1.50. The van der Waals surface area contributed by atoms with Gasteiger partial charge in [0.1, 0.15) is 0 Å². The normalized spacial score (nSPS) is 12.2. The van der Waals surface area contributed by atoms with Crippen LogP contribution in [0.15, 0.2) is 12.2 Å². The Morgan fingerprint density at radius 1 is 0.769 bits per heavy atom. The lowest BCUT2D eigenvalue weighted by Gasteiger charge is -2.05. The molecule has 0 unspecified atom stereocenters. The minimum Gasteiger partial charge on any atom is -0.462 e. The molecule has 0 aliphatic carbocycles. The Morgan fingerprint density at radius 3 is 1.42 bits per heavy atom. The number of hydrogen-bond acceptors (Lipinski definition) is 8. The number of ether oxygens (including phenoxy) is 2. The third kappa shape index (κ3) is 13.8. The SMILES string of the molecule is CCNS(=O)(=O)CCCOC(=O)/C=C/C(=O)OCCCS(=O)(=O)NCC. The summed E-state index contributed by atoms with van der Waals surface area (Å²) < 4.78 is 59.5. The molecule has 0 heterocycles. The molecule has 0 aromatic heterocycles. The highest BCUT2D eigenvalue weighted by Gasteiger charge is 2.10. The molecule has 0 saturated carbocycles. The van der Waals surface area contributed by atoms with E-state index in [0.29, 0.717) is 0 Å². The monoisotopic (exact) mass is 414 g/mol. The number of sulfonamides is 2. The zero-order valence-electron chi connectivity index (χ0n) is 14.9. The highest BCUT2D eigenvalue weighted by atomic mass is 32.2. The summed E-state index contributed by atoms with van der Waals surface area (Å²) in [6, 6.07) is 0. The molecule has 0 radical (unpaired) electrons. The lowest BCUT2D eigenvalue weighted by atomic mass is 10.5. The van der Waals surface area contributed by atoms with Gasteiger partial charge in [-0.3, -0.25) is 0 Å². The van der Waals surface area contributed by atoms with E-state index >= 15 is 0 Å². The number of carbonyl (C=O) groups excluding carboxylic acids is 2. The topological polar surface area (TPSA) is 145 Å². The summed E-state index contributed by atoms with van der Waals surface area (Å²) in [5, 5.41) is 0. The number of rotatable bonds is 14.